The molecule has 2 aromatic heterocycles. The summed E-state index contributed by atoms with van der Waals surface area (Å²) >= 11 is 0. The van der Waals surface area contributed by atoms with Gasteiger partial charge in [0, 0.05) is 18.9 Å². The molecule has 0 aliphatic carbocycles. The van der Waals surface area contributed by atoms with Crippen LogP contribution in [-0.4, -0.2) is 26.7 Å². The first kappa shape index (κ1) is 10.8. The molecule has 0 saturated heterocycles. The maximum atomic E-state index is 5.73. The number of nitrogens with zero attached hydrogens (tertiary/aromatic N) is 3. The van der Waals surface area contributed by atoms with Crippen molar-refractivity contribution in [3.63, 3.8) is 0 Å². The van der Waals surface area contributed by atoms with Crippen LogP contribution in [0.1, 0.15) is 26.2 Å². The van der Waals surface area contributed by atoms with Gasteiger partial charge < -0.3 is 15.2 Å². The molecule has 86 valence electrons. The van der Waals surface area contributed by atoms with E-state index >= 15 is 0 Å². The van der Waals surface area contributed by atoms with Crippen LogP contribution in [0.15, 0.2) is 16.9 Å². The van der Waals surface area contributed by atoms with Crippen molar-refractivity contribution in [2.45, 2.75) is 25.7 Å². The molecule has 0 aliphatic heterocycles. The highest BCUT2D eigenvalue weighted by molar-refractivity contribution is 5.41. The fourth-order valence-corrected chi connectivity index (χ4v) is 1.34. The summed E-state index contributed by atoms with van der Waals surface area (Å²) in [4.78, 5) is 11.3. The first-order valence-corrected chi connectivity index (χ1v) is 5.23. The molecule has 2 heterocycles. The zero-order chi connectivity index (χ0) is 11.6. The molecule has 6 heteroatoms. The van der Waals surface area contributed by atoms with Gasteiger partial charge in [0.2, 0.25) is 11.7 Å². The molecule has 0 aromatic carbocycles. The number of imidazole rings is 1. The van der Waals surface area contributed by atoms with Crippen LogP contribution in [0.2, 0.25) is 0 Å². The number of nitrogens with one attached hydrogen (secondary N) is 1. The topological polar surface area (TPSA) is 93.6 Å². The number of rotatable bonds is 4. The Morgan fingerprint density at radius 1 is 1.56 bits per heavy atom. The van der Waals surface area contributed by atoms with E-state index in [2.05, 4.69) is 20.1 Å². The minimum absolute atomic E-state index is 0.266. The van der Waals surface area contributed by atoms with E-state index in [0.717, 1.165) is 6.42 Å². The molecule has 1 atom stereocenters. The minimum atomic E-state index is -0.266. The molecular weight excluding hydrogens is 206 g/mol. The Hall–Kier alpha value is -1.69. The predicted octanol–water partition coefficient (Wildman–Crippen LogP) is 1.09. The van der Waals surface area contributed by atoms with E-state index in [0.29, 0.717) is 24.1 Å². The van der Waals surface area contributed by atoms with Gasteiger partial charge >= 0.3 is 0 Å². The molecule has 0 aliphatic rings. The summed E-state index contributed by atoms with van der Waals surface area (Å²) in [5.74, 6) is 1.63. The third-order valence-electron chi connectivity index (χ3n) is 2.88. The van der Waals surface area contributed by atoms with Crippen LogP contribution >= 0.6 is 0 Å². The molecule has 0 radical (unpaired) electrons. The maximum Gasteiger partial charge on any atom is 0.238 e. The van der Waals surface area contributed by atoms with Gasteiger partial charge in [0.05, 0.1) is 5.41 Å². The Bertz CT molecular complexity index is 443. The van der Waals surface area contributed by atoms with Crippen molar-refractivity contribution in [2.24, 2.45) is 5.73 Å². The Morgan fingerprint density at radius 3 is 2.94 bits per heavy atom. The van der Waals surface area contributed by atoms with Gasteiger partial charge in [-0.15, -0.1) is 0 Å². The fraction of sp³-hybridized carbons (Fsp3) is 0.500. The lowest BCUT2D eigenvalue weighted by Gasteiger charge is -2.20. The van der Waals surface area contributed by atoms with Gasteiger partial charge in [0.15, 0.2) is 5.82 Å². The van der Waals surface area contributed by atoms with E-state index in [1.165, 1.54) is 0 Å². The molecule has 6 nitrogen and oxygen atoms in total. The van der Waals surface area contributed by atoms with Crippen LogP contribution in [-0.2, 0) is 5.41 Å². The largest absolute Gasteiger partial charge is 0.342 e. The van der Waals surface area contributed by atoms with Gasteiger partial charge in [-0.3, -0.25) is 0 Å². The van der Waals surface area contributed by atoms with Crippen molar-refractivity contribution in [3.05, 3.63) is 18.3 Å². The molecule has 2 rings (SSSR count). The van der Waals surface area contributed by atoms with E-state index in [-0.39, 0.29) is 5.41 Å². The molecular formula is C10H15N5O. The van der Waals surface area contributed by atoms with Crippen molar-refractivity contribution in [2.75, 3.05) is 6.54 Å². The number of hydrogen-bond acceptors (Lipinski definition) is 5. The Kier molecular flexibility index (Phi) is 2.74. The van der Waals surface area contributed by atoms with E-state index in [9.17, 15) is 0 Å². The average molecular weight is 221 g/mol. The number of nitrogens with two attached hydrogens (primary N) is 1. The number of aromatic nitrogens is 4. The lowest BCUT2D eigenvalue weighted by molar-refractivity contribution is 0.291. The van der Waals surface area contributed by atoms with Crippen LogP contribution in [0.3, 0.4) is 0 Å². The van der Waals surface area contributed by atoms with Crippen LogP contribution in [0, 0.1) is 0 Å². The fourth-order valence-electron chi connectivity index (χ4n) is 1.34. The van der Waals surface area contributed by atoms with Crippen LogP contribution in [0.5, 0.6) is 0 Å². The summed E-state index contributed by atoms with van der Waals surface area (Å²) in [6.07, 6.45) is 4.21. The molecule has 1 unspecified atom stereocenters. The molecule has 3 N–H and O–H groups in total. The molecule has 0 fully saturated rings. The molecule has 2 aromatic rings. The average Bonchev–Trinajstić information content (AvgIpc) is 2.97. The molecule has 0 spiro atoms. The van der Waals surface area contributed by atoms with Crippen molar-refractivity contribution in [1.29, 1.82) is 0 Å². The molecule has 0 bridgehead atoms. The summed E-state index contributed by atoms with van der Waals surface area (Å²) in [6.45, 7) is 4.53. The van der Waals surface area contributed by atoms with Crippen molar-refractivity contribution in [1.82, 2.24) is 20.1 Å². The highest BCUT2D eigenvalue weighted by atomic mass is 16.5. The smallest absolute Gasteiger partial charge is 0.238 e. The standard InChI is InChI=1S/C10H15N5O/c1-3-10(2,6-11)9-14-8(15-16-9)7-12-4-5-13-7/h4-5H,3,6,11H2,1-2H3,(H,12,13). The first-order valence-electron chi connectivity index (χ1n) is 5.23. The number of hydrogen-bond donors (Lipinski definition) is 2. The molecule has 0 amide bonds. The maximum absolute atomic E-state index is 5.73. The second-order valence-corrected chi connectivity index (χ2v) is 3.98. The summed E-state index contributed by atoms with van der Waals surface area (Å²) in [5, 5.41) is 3.89. The minimum Gasteiger partial charge on any atom is -0.342 e. The number of aromatic amines is 1. The van der Waals surface area contributed by atoms with Gasteiger partial charge in [-0.2, -0.15) is 4.98 Å². The quantitative estimate of drug-likeness (QED) is 0.805. The Morgan fingerprint density at radius 2 is 2.38 bits per heavy atom. The first-order chi connectivity index (χ1) is 7.69. The Balaban J connectivity index is 2.33. The van der Waals surface area contributed by atoms with Crippen LogP contribution in [0.4, 0.5) is 0 Å². The van der Waals surface area contributed by atoms with E-state index in [1.54, 1.807) is 12.4 Å². The van der Waals surface area contributed by atoms with Gasteiger partial charge in [-0.05, 0) is 13.3 Å². The normalized spacial score (nSPS) is 14.9. The molecule has 0 saturated carbocycles. The summed E-state index contributed by atoms with van der Waals surface area (Å²) in [7, 11) is 0. The third-order valence-corrected chi connectivity index (χ3v) is 2.88. The van der Waals surface area contributed by atoms with E-state index in [4.69, 9.17) is 10.3 Å². The SMILES string of the molecule is CCC(C)(CN)c1nc(-c2ncc[nH]2)no1. The van der Waals surface area contributed by atoms with Gasteiger partial charge in [0.25, 0.3) is 0 Å². The van der Waals surface area contributed by atoms with Crippen LogP contribution in [0.25, 0.3) is 11.6 Å². The predicted molar refractivity (Wildman–Crippen MR) is 58.6 cm³/mol. The second kappa shape index (κ2) is 4.05. The van der Waals surface area contributed by atoms with Gasteiger partial charge in [-0.25, -0.2) is 4.98 Å². The van der Waals surface area contributed by atoms with Crippen molar-refractivity contribution >= 4 is 0 Å². The number of H-pyrrole nitrogens is 1. The van der Waals surface area contributed by atoms with Crippen molar-refractivity contribution < 1.29 is 4.52 Å². The lowest BCUT2D eigenvalue weighted by atomic mass is 9.88. The highest BCUT2D eigenvalue weighted by Gasteiger charge is 2.30. The molecule has 16 heavy (non-hydrogen) atoms. The summed E-state index contributed by atoms with van der Waals surface area (Å²) < 4.78 is 5.23. The van der Waals surface area contributed by atoms with Gasteiger partial charge in [-0.1, -0.05) is 12.1 Å². The van der Waals surface area contributed by atoms with Gasteiger partial charge in [0.1, 0.15) is 0 Å². The summed E-state index contributed by atoms with van der Waals surface area (Å²) in [5.41, 5.74) is 5.46. The lowest BCUT2D eigenvalue weighted by Crippen LogP contribution is -2.31. The second-order valence-electron chi connectivity index (χ2n) is 3.98. The van der Waals surface area contributed by atoms with Crippen LogP contribution < -0.4 is 5.73 Å². The van der Waals surface area contributed by atoms with E-state index < -0.39 is 0 Å². The zero-order valence-electron chi connectivity index (χ0n) is 9.40. The zero-order valence-corrected chi connectivity index (χ0v) is 9.40. The highest BCUT2D eigenvalue weighted by Crippen LogP contribution is 2.25. The monoisotopic (exact) mass is 221 g/mol. The van der Waals surface area contributed by atoms with E-state index in [1.807, 2.05) is 13.8 Å². The Labute approximate surface area is 93.3 Å². The van der Waals surface area contributed by atoms with Crippen molar-refractivity contribution in [3.8, 4) is 11.6 Å². The third kappa shape index (κ3) is 1.71. The summed E-state index contributed by atoms with van der Waals surface area (Å²) in [6, 6.07) is 0.